The van der Waals surface area contributed by atoms with E-state index in [2.05, 4.69) is 37.9 Å². The molecule has 1 heterocycles. The van der Waals surface area contributed by atoms with Crippen molar-refractivity contribution in [2.75, 3.05) is 12.3 Å². The average molecular weight is 286 g/mol. The van der Waals surface area contributed by atoms with Crippen LogP contribution >= 0.6 is 0 Å². The van der Waals surface area contributed by atoms with E-state index in [1.54, 1.807) is 0 Å². The van der Waals surface area contributed by atoms with Crippen LogP contribution in [0.2, 0.25) is 0 Å². The fraction of sp³-hybridized carbons (Fsp3) is 0.579. The van der Waals surface area contributed by atoms with Crippen LogP contribution in [0.1, 0.15) is 58.1 Å². The molecule has 1 saturated carbocycles. The fourth-order valence-corrected chi connectivity index (χ4v) is 3.91. The molecule has 3 rings (SSSR count). The molecule has 21 heavy (non-hydrogen) atoms. The van der Waals surface area contributed by atoms with Crippen molar-refractivity contribution in [1.82, 2.24) is 5.32 Å². The summed E-state index contributed by atoms with van der Waals surface area (Å²) in [6.45, 7) is 14.0. The minimum Gasteiger partial charge on any atom is -0.399 e. The first kappa shape index (κ1) is 16.1. The van der Waals surface area contributed by atoms with Gasteiger partial charge in [-0.15, -0.1) is 0 Å². The van der Waals surface area contributed by atoms with Gasteiger partial charge in [0.15, 0.2) is 0 Å². The van der Waals surface area contributed by atoms with Gasteiger partial charge >= 0.3 is 0 Å². The summed E-state index contributed by atoms with van der Waals surface area (Å²) in [7, 11) is 0. The number of aryl methyl sites for hydroxylation is 1. The van der Waals surface area contributed by atoms with Gasteiger partial charge in [0.2, 0.25) is 0 Å². The number of hydrogen-bond acceptors (Lipinski definition) is 2. The zero-order chi connectivity index (χ0) is 15.7. The van der Waals surface area contributed by atoms with Gasteiger partial charge < -0.3 is 11.1 Å². The Morgan fingerprint density at radius 2 is 2.05 bits per heavy atom. The van der Waals surface area contributed by atoms with E-state index in [1.165, 1.54) is 29.5 Å². The molecule has 2 atom stereocenters. The number of anilines is 1. The Hall–Kier alpha value is -1.28. The summed E-state index contributed by atoms with van der Waals surface area (Å²) in [6.07, 6.45) is 4.52. The van der Waals surface area contributed by atoms with Gasteiger partial charge in [0.25, 0.3) is 0 Å². The maximum atomic E-state index is 6.04. The minimum atomic E-state index is 0.0725. The standard InChI is InChI=1S/C17H24N2.C2H6/c1-4-13-5-6-14(18)9-15(13)17-10-12(2)7-8-16(17,3)11-19-17;1-2/h5-6,9,19H,2,4,7-8,10-11,18H2,1,3H3;1-2H3. The smallest absolute Gasteiger partial charge is 0.0542 e. The molecule has 2 nitrogen and oxygen atoms in total. The van der Waals surface area contributed by atoms with Crippen LogP contribution in [-0.2, 0) is 12.0 Å². The third-order valence-corrected chi connectivity index (χ3v) is 5.33. The van der Waals surface area contributed by atoms with Crippen LogP contribution < -0.4 is 11.1 Å². The van der Waals surface area contributed by atoms with Crippen molar-refractivity contribution in [3.63, 3.8) is 0 Å². The third-order valence-electron chi connectivity index (χ3n) is 5.33. The Kier molecular flexibility index (Phi) is 4.48. The molecule has 2 heteroatoms. The number of hydrogen-bond donors (Lipinski definition) is 2. The number of benzene rings is 1. The first-order chi connectivity index (χ1) is 10.0. The Morgan fingerprint density at radius 3 is 2.62 bits per heavy atom. The lowest BCUT2D eigenvalue weighted by molar-refractivity contribution is -0.0306. The Bertz CT molecular complexity index is 534. The van der Waals surface area contributed by atoms with Gasteiger partial charge in [-0.25, -0.2) is 0 Å². The zero-order valence-electron chi connectivity index (χ0n) is 14.1. The molecule has 1 aliphatic carbocycles. The molecule has 1 saturated heterocycles. The maximum absolute atomic E-state index is 6.04. The first-order valence-corrected chi connectivity index (χ1v) is 8.31. The minimum absolute atomic E-state index is 0.0725. The van der Waals surface area contributed by atoms with Crippen LogP contribution in [0.15, 0.2) is 30.4 Å². The van der Waals surface area contributed by atoms with Gasteiger partial charge in [-0.05, 0) is 48.9 Å². The summed E-state index contributed by atoms with van der Waals surface area (Å²) < 4.78 is 0. The largest absolute Gasteiger partial charge is 0.399 e. The zero-order valence-corrected chi connectivity index (χ0v) is 14.1. The normalized spacial score (nSPS) is 30.8. The van der Waals surface area contributed by atoms with Crippen LogP contribution in [-0.4, -0.2) is 6.54 Å². The molecule has 2 fully saturated rings. The molecular weight excluding hydrogens is 256 g/mol. The first-order valence-electron chi connectivity index (χ1n) is 8.31. The van der Waals surface area contributed by atoms with Crippen LogP contribution in [0.4, 0.5) is 5.69 Å². The van der Waals surface area contributed by atoms with Gasteiger partial charge in [-0.2, -0.15) is 0 Å². The second-order valence-electron chi connectivity index (χ2n) is 6.52. The molecular formula is C19H30N2. The van der Waals surface area contributed by atoms with Crippen molar-refractivity contribution in [1.29, 1.82) is 0 Å². The molecule has 3 N–H and O–H groups in total. The summed E-state index contributed by atoms with van der Waals surface area (Å²) in [6, 6.07) is 6.39. The van der Waals surface area contributed by atoms with Gasteiger partial charge in [-0.1, -0.05) is 45.9 Å². The molecule has 2 unspecified atom stereocenters. The summed E-state index contributed by atoms with van der Waals surface area (Å²) in [4.78, 5) is 0. The Balaban J connectivity index is 0.000000774. The predicted octanol–water partition coefficient (Wildman–Crippen LogP) is 4.40. The average Bonchev–Trinajstić information content (AvgIpc) is 2.49. The van der Waals surface area contributed by atoms with Gasteiger partial charge in [-0.3, -0.25) is 0 Å². The van der Waals surface area contributed by atoms with E-state index in [0.29, 0.717) is 5.41 Å². The fourth-order valence-electron chi connectivity index (χ4n) is 3.91. The van der Waals surface area contributed by atoms with Gasteiger partial charge in [0.1, 0.15) is 0 Å². The van der Waals surface area contributed by atoms with Crippen LogP contribution in [0, 0.1) is 5.41 Å². The van der Waals surface area contributed by atoms with Gasteiger partial charge in [0, 0.05) is 17.6 Å². The van der Waals surface area contributed by atoms with Crippen molar-refractivity contribution < 1.29 is 0 Å². The van der Waals surface area contributed by atoms with E-state index in [-0.39, 0.29) is 5.54 Å². The quantitative estimate of drug-likeness (QED) is 0.624. The topological polar surface area (TPSA) is 38.0 Å². The molecule has 0 amide bonds. The highest BCUT2D eigenvalue weighted by molar-refractivity contribution is 5.50. The van der Waals surface area contributed by atoms with E-state index in [0.717, 1.165) is 25.1 Å². The van der Waals surface area contributed by atoms with Crippen molar-refractivity contribution >= 4 is 5.69 Å². The molecule has 1 aromatic rings. The maximum Gasteiger partial charge on any atom is 0.0542 e. The summed E-state index contributed by atoms with van der Waals surface area (Å²) >= 11 is 0. The summed E-state index contributed by atoms with van der Waals surface area (Å²) in [5, 5.41) is 3.73. The summed E-state index contributed by atoms with van der Waals surface area (Å²) in [5.41, 5.74) is 11.5. The highest BCUT2D eigenvalue weighted by atomic mass is 15.1. The molecule has 1 aliphatic heterocycles. The molecule has 0 radical (unpaired) electrons. The number of nitrogens with one attached hydrogen (secondary N) is 1. The molecule has 0 aromatic heterocycles. The molecule has 1 aromatic carbocycles. The van der Waals surface area contributed by atoms with E-state index < -0.39 is 0 Å². The van der Waals surface area contributed by atoms with E-state index >= 15 is 0 Å². The molecule has 116 valence electrons. The summed E-state index contributed by atoms with van der Waals surface area (Å²) in [5.74, 6) is 0. The third kappa shape index (κ3) is 2.40. The second-order valence-corrected chi connectivity index (χ2v) is 6.52. The van der Waals surface area contributed by atoms with Crippen molar-refractivity contribution in [3.05, 3.63) is 41.5 Å². The molecule has 0 spiro atoms. The highest BCUT2D eigenvalue weighted by Gasteiger charge is 2.58. The molecule has 0 bridgehead atoms. The second kappa shape index (κ2) is 5.84. The lowest BCUT2D eigenvalue weighted by atomic mass is 9.52. The van der Waals surface area contributed by atoms with Gasteiger partial charge in [0.05, 0.1) is 5.54 Å². The van der Waals surface area contributed by atoms with E-state index in [4.69, 9.17) is 5.73 Å². The highest BCUT2D eigenvalue weighted by Crippen LogP contribution is 2.57. The van der Waals surface area contributed by atoms with Crippen molar-refractivity contribution in [2.24, 2.45) is 5.41 Å². The Morgan fingerprint density at radius 1 is 1.33 bits per heavy atom. The van der Waals surface area contributed by atoms with E-state index in [1.807, 2.05) is 19.9 Å². The SMILES string of the molecule is C=C1CCC2(C)CNC2(c2cc(N)ccc2CC)C1.CC. The number of nitrogens with two attached hydrogens (primary N) is 1. The van der Waals surface area contributed by atoms with Crippen LogP contribution in [0.25, 0.3) is 0 Å². The molecule has 2 aliphatic rings. The number of rotatable bonds is 2. The predicted molar refractivity (Wildman–Crippen MR) is 92.4 cm³/mol. The van der Waals surface area contributed by atoms with Crippen molar-refractivity contribution in [2.45, 2.75) is 58.9 Å². The van der Waals surface area contributed by atoms with Crippen LogP contribution in [0.5, 0.6) is 0 Å². The lowest BCUT2D eigenvalue weighted by Crippen LogP contribution is -2.70. The van der Waals surface area contributed by atoms with Crippen molar-refractivity contribution in [3.8, 4) is 0 Å². The number of fused-ring (bicyclic) bond motifs is 1. The van der Waals surface area contributed by atoms with Crippen LogP contribution in [0.3, 0.4) is 0 Å². The van der Waals surface area contributed by atoms with E-state index in [9.17, 15) is 0 Å². The number of nitrogen functional groups attached to an aromatic ring is 1. The lowest BCUT2D eigenvalue weighted by Gasteiger charge is -2.63. The monoisotopic (exact) mass is 286 g/mol. The Labute approximate surface area is 129 Å².